The molecule has 2 N–H and O–H groups in total. The van der Waals surface area contributed by atoms with Crippen molar-refractivity contribution in [3.8, 4) is 6.07 Å². The molecule has 0 saturated carbocycles. The summed E-state index contributed by atoms with van der Waals surface area (Å²) in [4.78, 5) is 16.0. The Kier molecular flexibility index (Phi) is 4.39. The standard InChI is InChI=1S/C15H17N5OS/c16-9-11-4-5-12(22-11)10-17-15(21)20-8-2-1-3-14(20)13-6-7-18-19-13/h4-7,14H,1-3,8,10H2,(H,17,21)(H,18,19)/t14-/m0/s1. The Morgan fingerprint density at radius 1 is 1.50 bits per heavy atom. The molecular weight excluding hydrogens is 298 g/mol. The van der Waals surface area contributed by atoms with Gasteiger partial charge in [0.2, 0.25) is 0 Å². The van der Waals surface area contributed by atoms with Gasteiger partial charge in [-0.15, -0.1) is 11.3 Å². The van der Waals surface area contributed by atoms with Gasteiger partial charge in [0.1, 0.15) is 10.9 Å². The van der Waals surface area contributed by atoms with E-state index in [2.05, 4.69) is 21.6 Å². The van der Waals surface area contributed by atoms with E-state index in [9.17, 15) is 4.79 Å². The van der Waals surface area contributed by atoms with E-state index in [1.807, 2.05) is 17.0 Å². The van der Waals surface area contributed by atoms with Crippen LogP contribution < -0.4 is 5.32 Å². The molecule has 3 heterocycles. The summed E-state index contributed by atoms with van der Waals surface area (Å²) in [5, 5.41) is 18.7. The van der Waals surface area contributed by atoms with E-state index in [1.54, 1.807) is 12.3 Å². The van der Waals surface area contributed by atoms with Crippen molar-refractivity contribution in [2.24, 2.45) is 0 Å². The SMILES string of the molecule is N#Cc1ccc(CNC(=O)N2CCCC[C@H]2c2ccn[nH]2)s1. The van der Waals surface area contributed by atoms with Crippen molar-refractivity contribution in [3.05, 3.63) is 39.8 Å². The molecular formula is C15H17N5OS. The lowest BCUT2D eigenvalue weighted by atomic mass is 10.00. The number of aromatic amines is 1. The third-order valence-corrected chi connectivity index (χ3v) is 4.82. The topological polar surface area (TPSA) is 84.8 Å². The minimum Gasteiger partial charge on any atom is -0.333 e. The molecule has 114 valence electrons. The Bertz CT molecular complexity index is 672. The first-order chi connectivity index (χ1) is 10.8. The van der Waals surface area contributed by atoms with Crippen LogP contribution in [0.1, 0.15) is 40.8 Å². The Morgan fingerprint density at radius 3 is 3.14 bits per heavy atom. The number of carbonyl (C=O) groups is 1. The molecule has 1 aliphatic rings. The fourth-order valence-electron chi connectivity index (χ4n) is 2.75. The maximum atomic E-state index is 12.5. The number of urea groups is 1. The molecule has 1 atom stereocenters. The second kappa shape index (κ2) is 6.62. The van der Waals surface area contributed by atoms with Crippen LogP contribution in [-0.2, 0) is 6.54 Å². The van der Waals surface area contributed by atoms with Gasteiger partial charge in [-0.25, -0.2) is 4.79 Å². The van der Waals surface area contributed by atoms with E-state index in [1.165, 1.54) is 11.3 Å². The van der Waals surface area contributed by atoms with E-state index >= 15 is 0 Å². The highest BCUT2D eigenvalue weighted by molar-refractivity contribution is 7.12. The number of nitriles is 1. The van der Waals surface area contributed by atoms with Gasteiger partial charge >= 0.3 is 6.03 Å². The van der Waals surface area contributed by atoms with Crippen LogP contribution >= 0.6 is 11.3 Å². The number of rotatable bonds is 3. The normalized spacial score (nSPS) is 18.0. The van der Waals surface area contributed by atoms with Crippen molar-refractivity contribution < 1.29 is 4.79 Å². The maximum absolute atomic E-state index is 12.5. The van der Waals surface area contributed by atoms with E-state index in [4.69, 9.17) is 5.26 Å². The van der Waals surface area contributed by atoms with Gasteiger partial charge in [-0.1, -0.05) is 0 Å². The van der Waals surface area contributed by atoms with Crippen LogP contribution in [0.3, 0.4) is 0 Å². The van der Waals surface area contributed by atoms with Gasteiger partial charge in [0.15, 0.2) is 0 Å². The fraction of sp³-hybridized carbons (Fsp3) is 0.400. The molecule has 1 fully saturated rings. The molecule has 22 heavy (non-hydrogen) atoms. The number of likely N-dealkylation sites (tertiary alicyclic amines) is 1. The molecule has 0 radical (unpaired) electrons. The number of thiophene rings is 1. The van der Waals surface area contributed by atoms with Crippen LogP contribution in [-0.4, -0.2) is 27.7 Å². The van der Waals surface area contributed by atoms with E-state index in [0.29, 0.717) is 11.4 Å². The van der Waals surface area contributed by atoms with Crippen LogP contribution in [0.15, 0.2) is 24.4 Å². The molecule has 2 aromatic rings. The number of H-pyrrole nitrogens is 1. The Labute approximate surface area is 132 Å². The largest absolute Gasteiger partial charge is 0.333 e. The average Bonchev–Trinajstić information content (AvgIpc) is 3.24. The van der Waals surface area contributed by atoms with E-state index in [-0.39, 0.29) is 12.1 Å². The number of hydrogen-bond donors (Lipinski definition) is 2. The molecule has 0 aromatic carbocycles. The average molecular weight is 315 g/mol. The highest BCUT2D eigenvalue weighted by atomic mass is 32.1. The number of nitrogens with one attached hydrogen (secondary N) is 2. The second-order valence-electron chi connectivity index (χ2n) is 5.25. The predicted octanol–water partition coefficient (Wildman–Crippen LogP) is 2.78. The van der Waals surface area contributed by atoms with E-state index in [0.717, 1.165) is 36.4 Å². The third-order valence-electron chi connectivity index (χ3n) is 3.83. The molecule has 0 bridgehead atoms. The molecule has 2 aromatic heterocycles. The lowest BCUT2D eigenvalue weighted by Crippen LogP contribution is -2.44. The van der Waals surface area contributed by atoms with Gasteiger partial charge in [0.05, 0.1) is 18.3 Å². The summed E-state index contributed by atoms with van der Waals surface area (Å²) in [5.41, 5.74) is 0.984. The first-order valence-electron chi connectivity index (χ1n) is 7.30. The third kappa shape index (κ3) is 3.12. The number of nitrogens with zero attached hydrogens (tertiary/aromatic N) is 3. The second-order valence-corrected chi connectivity index (χ2v) is 6.42. The van der Waals surface area contributed by atoms with Crippen molar-refractivity contribution in [1.82, 2.24) is 20.4 Å². The molecule has 3 rings (SSSR count). The summed E-state index contributed by atoms with van der Waals surface area (Å²) in [6, 6.07) is 7.69. The zero-order valence-corrected chi connectivity index (χ0v) is 12.9. The van der Waals surface area contributed by atoms with Gasteiger partial charge in [0.25, 0.3) is 0 Å². The molecule has 0 aliphatic carbocycles. The van der Waals surface area contributed by atoms with Gasteiger partial charge in [0, 0.05) is 17.6 Å². The van der Waals surface area contributed by atoms with Gasteiger partial charge in [-0.05, 0) is 37.5 Å². The quantitative estimate of drug-likeness (QED) is 0.913. The van der Waals surface area contributed by atoms with Crippen molar-refractivity contribution in [1.29, 1.82) is 5.26 Å². The highest BCUT2D eigenvalue weighted by Gasteiger charge is 2.28. The summed E-state index contributed by atoms with van der Waals surface area (Å²) < 4.78 is 0. The zero-order chi connectivity index (χ0) is 15.4. The summed E-state index contributed by atoms with van der Waals surface area (Å²) in [5.74, 6) is 0. The zero-order valence-electron chi connectivity index (χ0n) is 12.1. The molecule has 0 spiro atoms. The molecule has 7 heteroatoms. The Morgan fingerprint density at radius 2 is 2.41 bits per heavy atom. The smallest absolute Gasteiger partial charge is 0.318 e. The lowest BCUT2D eigenvalue weighted by molar-refractivity contribution is 0.149. The van der Waals surface area contributed by atoms with Crippen LogP contribution in [0.25, 0.3) is 0 Å². The van der Waals surface area contributed by atoms with Crippen LogP contribution in [0.5, 0.6) is 0 Å². The summed E-state index contributed by atoms with van der Waals surface area (Å²) >= 11 is 1.41. The molecule has 0 unspecified atom stereocenters. The number of carbonyl (C=O) groups excluding carboxylic acids is 1. The van der Waals surface area contributed by atoms with Crippen LogP contribution in [0.4, 0.5) is 4.79 Å². The number of hydrogen-bond acceptors (Lipinski definition) is 4. The van der Waals surface area contributed by atoms with Crippen molar-refractivity contribution in [2.45, 2.75) is 31.8 Å². The van der Waals surface area contributed by atoms with Gasteiger partial charge in [-0.3, -0.25) is 5.10 Å². The Hall–Kier alpha value is -2.33. The molecule has 2 amide bonds. The number of piperidine rings is 1. The summed E-state index contributed by atoms with van der Waals surface area (Å²) in [7, 11) is 0. The fourth-order valence-corrected chi connectivity index (χ4v) is 3.49. The minimum absolute atomic E-state index is 0.0637. The highest BCUT2D eigenvalue weighted by Crippen LogP contribution is 2.29. The molecule has 1 aliphatic heterocycles. The van der Waals surface area contributed by atoms with E-state index < -0.39 is 0 Å². The van der Waals surface area contributed by atoms with Crippen LogP contribution in [0, 0.1) is 11.3 Å². The maximum Gasteiger partial charge on any atom is 0.318 e. The van der Waals surface area contributed by atoms with Crippen molar-refractivity contribution >= 4 is 17.4 Å². The van der Waals surface area contributed by atoms with Crippen molar-refractivity contribution in [3.63, 3.8) is 0 Å². The summed E-state index contributed by atoms with van der Waals surface area (Å²) in [6.45, 7) is 1.21. The summed E-state index contributed by atoms with van der Waals surface area (Å²) in [6.07, 6.45) is 4.81. The number of aromatic nitrogens is 2. The lowest BCUT2D eigenvalue weighted by Gasteiger charge is -2.35. The minimum atomic E-state index is -0.0637. The molecule has 1 saturated heterocycles. The first-order valence-corrected chi connectivity index (χ1v) is 8.12. The van der Waals surface area contributed by atoms with Crippen LogP contribution in [0.2, 0.25) is 0 Å². The monoisotopic (exact) mass is 315 g/mol. The predicted molar refractivity (Wildman–Crippen MR) is 83.2 cm³/mol. The Balaban J connectivity index is 1.63. The molecule has 6 nitrogen and oxygen atoms in total. The van der Waals surface area contributed by atoms with Gasteiger partial charge in [-0.2, -0.15) is 10.4 Å². The first kappa shape index (κ1) is 14.6. The van der Waals surface area contributed by atoms with Crippen molar-refractivity contribution in [2.75, 3.05) is 6.54 Å². The number of amides is 2. The van der Waals surface area contributed by atoms with Gasteiger partial charge < -0.3 is 10.2 Å².